The van der Waals surface area contributed by atoms with E-state index in [0.717, 1.165) is 11.1 Å². The highest BCUT2D eigenvalue weighted by atomic mass is 16.4. The van der Waals surface area contributed by atoms with Gasteiger partial charge in [-0.05, 0) is 35.6 Å². The van der Waals surface area contributed by atoms with Crippen LogP contribution < -0.4 is 0 Å². The first-order valence-corrected chi connectivity index (χ1v) is 5.51. The van der Waals surface area contributed by atoms with Gasteiger partial charge in [0.15, 0.2) is 0 Å². The third kappa shape index (κ3) is 2.64. The molecule has 1 aromatic rings. The summed E-state index contributed by atoms with van der Waals surface area (Å²) in [5, 5.41) is 18.0. The summed E-state index contributed by atoms with van der Waals surface area (Å²) >= 11 is 0. The van der Waals surface area contributed by atoms with Crippen molar-refractivity contribution in [2.75, 3.05) is 0 Å². The molecule has 17 heavy (non-hydrogen) atoms. The van der Waals surface area contributed by atoms with E-state index < -0.39 is 11.9 Å². The molecule has 92 valence electrons. The van der Waals surface area contributed by atoms with Crippen LogP contribution in [0.2, 0.25) is 0 Å². The standard InChI is InChI=1S/C13H16O4/c1-4-8-5-10(12(14)15)11(13(16)17)6-9(8)7(2)3/h5-7H,4H2,1-3H3,(H,14,15)(H,16,17). The zero-order valence-corrected chi connectivity index (χ0v) is 10.2. The molecule has 1 aromatic carbocycles. The van der Waals surface area contributed by atoms with Gasteiger partial charge in [-0.15, -0.1) is 0 Å². The van der Waals surface area contributed by atoms with E-state index in [2.05, 4.69) is 0 Å². The first-order chi connectivity index (χ1) is 7.88. The summed E-state index contributed by atoms with van der Waals surface area (Å²) < 4.78 is 0. The van der Waals surface area contributed by atoms with Crippen molar-refractivity contribution in [3.8, 4) is 0 Å². The maximum atomic E-state index is 11.0. The summed E-state index contributed by atoms with van der Waals surface area (Å²) in [6.45, 7) is 5.84. The Labute approximate surface area is 99.9 Å². The Balaban J connectivity index is 3.53. The minimum Gasteiger partial charge on any atom is -0.478 e. The Morgan fingerprint density at radius 2 is 1.59 bits per heavy atom. The lowest BCUT2D eigenvalue weighted by molar-refractivity contribution is 0.0651. The molecule has 0 aromatic heterocycles. The second-order valence-corrected chi connectivity index (χ2v) is 4.22. The summed E-state index contributed by atoms with van der Waals surface area (Å²) in [4.78, 5) is 22.0. The van der Waals surface area contributed by atoms with Crippen LogP contribution in [0.4, 0.5) is 0 Å². The molecule has 0 radical (unpaired) electrons. The van der Waals surface area contributed by atoms with Crippen molar-refractivity contribution in [3.63, 3.8) is 0 Å². The van der Waals surface area contributed by atoms with Crippen LogP contribution in [0.25, 0.3) is 0 Å². The van der Waals surface area contributed by atoms with Gasteiger partial charge in [0.05, 0.1) is 11.1 Å². The first kappa shape index (κ1) is 13.2. The number of aromatic carboxylic acids is 2. The molecular formula is C13H16O4. The normalized spacial score (nSPS) is 10.6. The molecule has 0 heterocycles. The van der Waals surface area contributed by atoms with Gasteiger partial charge in [-0.3, -0.25) is 0 Å². The highest BCUT2D eigenvalue weighted by Crippen LogP contribution is 2.24. The summed E-state index contributed by atoms with van der Waals surface area (Å²) in [7, 11) is 0. The van der Waals surface area contributed by atoms with Crippen LogP contribution in [-0.2, 0) is 6.42 Å². The lowest BCUT2D eigenvalue weighted by atomic mass is 9.90. The maximum Gasteiger partial charge on any atom is 0.336 e. The average molecular weight is 236 g/mol. The summed E-state index contributed by atoms with van der Waals surface area (Å²) in [5.74, 6) is -2.23. The molecule has 4 heteroatoms. The van der Waals surface area contributed by atoms with Crippen molar-refractivity contribution < 1.29 is 19.8 Å². The third-order valence-corrected chi connectivity index (χ3v) is 2.74. The molecule has 0 unspecified atom stereocenters. The van der Waals surface area contributed by atoms with Gasteiger partial charge in [-0.1, -0.05) is 20.8 Å². The maximum absolute atomic E-state index is 11.0. The largest absolute Gasteiger partial charge is 0.478 e. The monoisotopic (exact) mass is 236 g/mol. The van der Waals surface area contributed by atoms with Gasteiger partial charge >= 0.3 is 11.9 Å². The Morgan fingerprint density at radius 3 is 1.94 bits per heavy atom. The predicted molar refractivity (Wildman–Crippen MR) is 63.8 cm³/mol. The van der Waals surface area contributed by atoms with E-state index in [4.69, 9.17) is 10.2 Å². The lowest BCUT2D eigenvalue weighted by Gasteiger charge is -2.14. The fourth-order valence-corrected chi connectivity index (χ4v) is 1.86. The van der Waals surface area contributed by atoms with E-state index >= 15 is 0 Å². The smallest absolute Gasteiger partial charge is 0.336 e. The van der Waals surface area contributed by atoms with E-state index in [-0.39, 0.29) is 17.0 Å². The Bertz CT molecular complexity index is 461. The Hall–Kier alpha value is -1.84. The fraction of sp³-hybridized carbons (Fsp3) is 0.385. The Kier molecular flexibility index (Phi) is 3.89. The van der Waals surface area contributed by atoms with Crippen LogP contribution in [0, 0.1) is 0 Å². The van der Waals surface area contributed by atoms with Gasteiger partial charge in [0.1, 0.15) is 0 Å². The number of hydrogen-bond acceptors (Lipinski definition) is 2. The molecule has 0 aliphatic heterocycles. The molecule has 0 aliphatic rings. The van der Waals surface area contributed by atoms with Crippen LogP contribution in [-0.4, -0.2) is 22.2 Å². The van der Waals surface area contributed by atoms with Crippen molar-refractivity contribution >= 4 is 11.9 Å². The minimum absolute atomic E-state index is 0.140. The second kappa shape index (κ2) is 4.99. The SMILES string of the molecule is CCc1cc(C(=O)O)c(C(=O)O)cc1C(C)C. The molecule has 0 aliphatic carbocycles. The van der Waals surface area contributed by atoms with Crippen LogP contribution in [0.1, 0.15) is 58.5 Å². The van der Waals surface area contributed by atoms with Crippen molar-refractivity contribution in [1.29, 1.82) is 0 Å². The fourth-order valence-electron chi connectivity index (χ4n) is 1.86. The molecular weight excluding hydrogens is 220 g/mol. The van der Waals surface area contributed by atoms with E-state index in [0.29, 0.717) is 6.42 Å². The van der Waals surface area contributed by atoms with Crippen molar-refractivity contribution in [2.24, 2.45) is 0 Å². The van der Waals surface area contributed by atoms with Crippen LogP contribution in [0.5, 0.6) is 0 Å². The van der Waals surface area contributed by atoms with Gasteiger partial charge in [0.2, 0.25) is 0 Å². The van der Waals surface area contributed by atoms with E-state index in [1.807, 2.05) is 20.8 Å². The molecule has 2 N–H and O–H groups in total. The number of hydrogen-bond donors (Lipinski definition) is 2. The zero-order valence-electron chi connectivity index (χ0n) is 10.2. The van der Waals surface area contributed by atoms with Gasteiger partial charge in [-0.2, -0.15) is 0 Å². The number of carboxylic acids is 2. The number of rotatable bonds is 4. The molecule has 0 saturated heterocycles. The van der Waals surface area contributed by atoms with Crippen molar-refractivity contribution in [2.45, 2.75) is 33.1 Å². The van der Waals surface area contributed by atoms with Gasteiger partial charge in [0, 0.05) is 0 Å². The highest BCUT2D eigenvalue weighted by molar-refractivity contribution is 6.02. The number of aryl methyl sites for hydroxylation is 1. The van der Waals surface area contributed by atoms with Gasteiger partial charge in [-0.25, -0.2) is 9.59 Å². The first-order valence-electron chi connectivity index (χ1n) is 5.51. The molecule has 4 nitrogen and oxygen atoms in total. The van der Waals surface area contributed by atoms with Crippen LogP contribution in [0.3, 0.4) is 0 Å². The molecule has 0 fully saturated rings. The van der Waals surface area contributed by atoms with E-state index in [1.54, 1.807) is 0 Å². The van der Waals surface area contributed by atoms with Crippen LogP contribution in [0.15, 0.2) is 12.1 Å². The summed E-state index contributed by atoms with van der Waals surface area (Å²) in [5.41, 5.74) is 1.51. The van der Waals surface area contributed by atoms with Gasteiger partial charge < -0.3 is 10.2 Å². The van der Waals surface area contributed by atoms with Crippen LogP contribution >= 0.6 is 0 Å². The number of benzene rings is 1. The number of carbonyl (C=O) groups is 2. The minimum atomic E-state index is -1.20. The summed E-state index contributed by atoms with van der Waals surface area (Å²) in [6, 6.07) is 2.95. The molecule has 0 spiro atoms. The van der Waals surface area contributed by atoms with Gasteiger partial charge in [0.25, 0.3) is 0 Å². The zero-order chi connectivity index (χ0) is 13.2. The predicted octanol–water partition coefficient (Wildman–Crippen LogP) is 2.77. The lowest BCUT2D eigenvalue weighted by Crippen LogP contribution is -2.11. The third-order valence-electron chi connectivity index (χ3n) is 2.74. The summed E-state index contributed by atoms with van der Waals surface area (Å²) in [6.07, 6.45) is 0.688. The molecule has 0 bridgehead atoms. The Morgan fingerprint density at radius 1 is 1.12 bits per heavy atom. The van der Waals surface area contributed by atoms with E-state index in [1.165, 1.54) is 12.1 Å². The van der Waals surface area contributed by atoms with Crippen molar-refractivity contribution in [1.82, 2.24) is 0 Å². The average Bonchev–Trinajstić information content (AvgIpc) is 2.26. The molecule has 0 saturated carbocycles. The number of carboxylic acid groups (broad SMARTS) is 2. The highest BCUT2D eigenvalue weighted by Gasteiger charge is 2.19. The van der Waals surface area contributed by atoms with Crippen molar-refractivity contribution in [3.05, 3.63) is 34.4 Å². The second-order valence-electron chi connectivity index (χ2n) is 4.22. The molecule has 0 amide bonds. The quantitative estimate of drug-likeness (QED) is 0.842. The topological polar surface area (TPSA) is 74.6 Å². The molecule has 1 rings (SSSR count). The van der Waals surface area contributed by atoms with E-state index in [9.17, 15) is 9.59 Å². The molecule has 0 atom stereocenters.